The maximum absolute atomic E-state index is 12.8. The molecule has 1 aromatic heterocycles. The lowest BCUT2D eigenvalue weighted by Gasteiger charge is -2.22. The lowest BCUT2D eigenvalue weighted by atomic mass is 10.1. The lowest BCUT2D eigenvalue weighted by Crippen LogP contribution is -2.30. The molecule has 0 saturated carbocycles. The van der Waals surface area contributed by atoms with Crippen molar-refractivity contribution in [1.29, 1.82) is 0 Å². The van der Waals surface area contributed by atoms with Crippen molar-refractivity contribution in [3.63, 3.8) is 0 Å². The van der Waals surface area contributed by atoms with Gasteiger partial charge in [0.2, 0.25) is 10.0 Å². The molecule has 0 aliphatic carbocycles. The standard InChI is InChI=1S/C21H21ClN2O4S/c1-2-24(15-17-6-3-4-8-20(17)22)21(25)16-9-11-19(12-10-16)29(26,27)23-14-18-7-5-13-28-18/h3-13,23H,2,14-15H2,1H3. The van der Waals surface area contributed by atoms with Gasteiger partial charge in [-0.15, -0.1) is 0 Å². The molecule has 1 N–H and O–H groups in total. The first-order valence-corrected chi connectivity index (χ1v) is 10.9. The van der Waals surface area contributed by atoms with Crippen LogP contribution in [0.1, 0.15) is 28.6 Å². The molecule has 29 heavy (non-hydrogen) atoms. The topological polar surface area (TPSA) is 79.6 Å². The maximum atomic E-state index is 12.8. The number of halogens is 1. The van der Waals surface area contributed by atoms with Crippen LogP contribution < -0.4 is 4.72 Å². The zero-order valence-corrected chi connectivity index (χ0v) is 17.4. The Hall–Kier alpha value is -2.61. The Balaban J connectivity index is 1.71. The molecule has 0 aliphatic heterocycles. The third kappa shape index (κ3) is 5.26. The summed E-state index contributed by atoms with van der Waals surface area (Å²) in [6.45, 7) is 2.80. The Morgan fingerprint density at radius 3 is 2.41 bits per heavy atom. The highest BCUT2D eigenvalue weighted by molar-refractivity contribution is 7.89. The van der Waals surface area contributed by atoms with Crippen molar-refractivity contribution in [3.05, 3.63) is 88.8 Å². The Labute approximate surface area is 175 Å². The average Bonchev–Trinajstić information content (AvgIpc) is 3.25. The first-order chi connectivity index (χ1) is 13.9. The molecule has 0 radical (unpaired) electrons. The summed E-state index contributed by atoms with van der Waals surface area (Å²) in [6.07, 6.45) is 1.48. The monoisotopic (exact) mass is 432 g/mol. The summed E-state index contributed by atoms with van der Waals surface area (Å²) in [6, 6.07) is 16.6. The van der Waals surface area contributed by atoms with E-state index in [0.29, 0.717) is 29.4 Å². The summed E-state index contributed by atoms with van der Waals surface area (Å²) in [7, 11) is -3.71. The van der Waals surface area contributed by atoms with Crippen molar-refractivity contribution < 1.29 is 17.6 Å². The third-order valence-corrected chi connectivity index (χ3v) is 6.20. The maximum Gasteiger partial charge on any atom is 0.254 e. The molecule has 1 amide bonds. The van der Waals surface area contributed by atoms with Gasteiger partial charge in [-0.25, -0.2) is 13.1 Å². The fourth-order valence-corrected chi connectivity index (χ4v) is 3.97. The number of amides is 1. The van der Waals surface area contributed by atoms with Crippen LogP contribution >= 0.6 is 11.6 Å². The summed E-state index contributed by atoms with van der Waals surface area (Å²) in [5.41, 5.74) is 1.26. The van der Waals surface area contributed by atoms with Gasteiger partial charge in [-0.1, -0.05) is 29.8 Å². The van der Waals surface area contributed by atoms with Gasteiger partial charge in [0.05, 0.1) is 17.7 Å². The Kier molecular flexibility index (Phi) is 6.74. The predicted octanol–water partition coefficient (Wildman–Crippen LogP) is 4.07. The van der Waals surface area contributed by atoms with E-state index < -0.39 is 10.0 Å². The van der Waals surface area contributed by atoms with Crippen molar-refractivity contribution in [1.82, 2.24) is 9.62 Å². The summed E-state index contributed by atoms with van der Waals surface area (Å²) < 4.78 is 32.4. The van der Waals surface area contributed by atoms with Crippen molar-refractivity contribution >= 4 is 27.5 Å². The normalized spacial score (nSPS) is 11.4. The molecule has 152 valence electrons. The van der Waals surface area contributed by atoms with Crippen LogP contribution in [0.3, 0.4) is 0 Å². The van der Waals surface area contributed by atoms with Crippen LogP contribution in [0.4, 0.5) is 0 Å². The largest absolute Gasteiger partial charge is 0.468 e. The fraction of sp³-hybridized carbons (Fsp3) is 0.190. The molecule has 6 nitrogen and oxygen atoms in total. The van der Waals surface area contributed by atoms with Crippen LogP contribution in [-0.2, 0) is 23.1 Å². The number of nitrogens with one attached hydrogen (secondary N) is 1. The van der Waals surface area contributed by atoms with E-state index in [1.165, 1.54) is 30.5 Å². The van der Waals surface area contributed by atoms with Gasteiger partial charge in [0.25, 0.3) is 5.91 Å². The van der Waals surface area contributed by atoms with Gasteiger partial charge >= 0.3 is 0 Å². The Morgan fingerprint density at radius 2 is 1.79 bits per heavy atom. The third-order valence-electron chi connectivity index (χ3n) is 4.42. The second kappa shape index (κ2) is 9.26. The van der Waals surface area contributed by atoms with Gasteiger partial charge in [0, 0.05) is 23.7 Å². The zero-order chi connectivity index (χ0) is 20.9. The molecule has 3 aromatic rings. The zero-order valence-electron chi connectivity index (χ0n) is 15.8. The summed E-state index contributed by atoms with van der Waals surface area (Å²) in [5, 5.41) is 0.600. The van der Waals surface area contributed by atoms with Gasteiger partial charge in [-0.2, -0.15) is 0 Å². The molecular weight excluding hydrogens is 412 g/mol. The number of benzene rings is 2. The van der Waals surface area contributed by atoms with E-state index in [0.717, 1.165) is 5.56 Å². The van der Waals surface area contributed by atoms with Crippen LogP contribution in [0.2, 0.25) is 5.02 Å². The molecule has 1 heterocycles. The first kappa shape index (κ1) is 21.1. The van der Waals surface area contributed by atoms with Crippen LogP contribution in [0.15, 0.2) is 76.2 Å². The Bertz CT molecular complexity index is 1060. The summed E-state index contributed by atoms with van der Waals surface area (Å²) >= 11 is 6.20. The molecule has 0 bridgehead atoms. The van der Waals surface area contributed by atoms with E-state index in [9.17, 15) is 13.2 Å². The second-order valence-electron chi connectivity index (χ2n) is 6.34. The number of carbonyl (C=O) groups excluding carboxylic acids is 1. The van der Waals surface area contributed by atoms with Gasteiger partial charge in [-0.3, -0.25) is 4.79 Å². The molecule has 8 heteroatoms. The number of carbonyl (C=O) groups is 1. The predicted molar refractivity (Wildman–Crippen MR) is 111 cm³/mol. The number of furan rings is 1. The highest BCUT2D eigenvalue weighted by atomic mass is 35.5. The van der Waals surface area contributed by atoms with Gasteiger partial charge < -0.3 is 9.32 Å². The molecule has 0 saturated heterocycles. The van der Waals surface area contributed by atoms with E-state index in [4.69, 9.17) is 16.0 Å². The Morgan fingerprint density at radius 1 is 1.07 bits per heavy atom. The quantitative estimate of drug-likeness (QED) is 0.581. The first-order valence-electron chi connectivity index (χ1n) is 9.05. The van der Waals surface area contributed by atoms with Crippen molar-refractivity contribution in [3.8, 4) is 0 Å². The van der Waals surface area contributed by atoms with E-state index in [-0.39, 0.29) is 17.3 Å². The molecule has 2 aromatic carbocycles. The van der Waals surface area contributed by atoms with E-state index in [2.05, 4.69) is 4.72 Å². The lowest BCUT2D eigenvalue weighted by molar-refractivity contribution is 0.0752. The molecular formula is C21H21ClN2O4S. The molecule has 0 atom stereocenters. The number of hydrogen-bond acceptors (Lipinski definition) is 4. The average molecular weight is 433 g/mol. The van der Waals surface area contributed by atoms with Crippen molar-refractivity contribution in [2.24, 2.45) is 0 Å². The second-order valence-corrected chi connectivity index (χ2v) is 8.51. The van der Waals surface area contributed by atoms with Crippen LogP contribution in [0.5, 0.6) is 0 Å². The van der Waals surface area contributed by atoms with Crippen LogP contribution in [-0.4, -0.2) is 25.8 Å². The SMILES string of the molecule is CCN(Cc1ccccc1Cl)C(=O)c1ccc(S(=O)(=O)NCc2ccco2)cc1. The van der Waals surface area contributed by atoms with E-state index in [1.54, 1.807) is 23.1 Å². The highest BCUT2D eigenvalue weighted by Gasteiger charge is 2.18. The van der Waals surface area contributed by atoms with Crippen molar-refractivity contribution in [2.45, 2.75) is 24.9 Å². The minimum atomic E-state index is -3.71. The van der Waals surface area contributed by atoms with Crippen LogP contribution in [0, 0.1) is 0 Å². The summed E-state index contributed by atoms with van der Waals surface area (Å²) in [5.74, 6) is 0.318. The molecule has 0 unspecified atom stereocenters. The smallest absolute Gasteiger partial charge is 0.254 e. The number of rotatable bonds is 8. The fourth-order valence-electron chi connectivity index (χ4n) is 2.78. The van der Waals surface area contributed by atoms with Gasteiger partial charge in [-0.05, 0) is 55.0 Å². The molecule has 3 rings (SSSR count). The van der Waals surface area contributed by atoms with E-state index >= 15 is 0 Å². The molecule has 0 spiro atoms. The summed E-state index contributed by atoms with van der Waals surface area (Å²) in [4.78, 5) is 14.6. The van der Waals surface area contributed by atoms with Gasteiger partial charge in [0.1, 0.15) is 5.76 Å². The molecule has 0 fully saturated rings. The number of hydrogen-bond donors (Lipinski definition) is 1. The highest BCUT2D eigenvalue weighted by Crippen LogP contribution is 2.19. The number of nitrogens with zero attached hydrogens (tertiary/aromatic N) is 1. The van der Waals surface area contributed by atoms with Crippen molar-refractivity contribution in [2.75, 3.05) is 6.54 Å². The molecule has 0 aliphatic rings. The van der Waals surface area contributed by atoms with E-state index in [1.807, 2.05) is 25.1 Å². The minimum absolute atomic E-state index is 0.0530. The number of sulfonamides is 1. The van der Waals surface area contributed by atoms with Gasteiger partial charge in [0.15, 0.2) is 0 Å². The minimum Gasteiger partial charge on any atom is -0.468 e. The van der Waals surface area contributed by atoms with Crippen LogP contribution in [0.25, 0.3) is 0 Å².